The standard InChI is InChI=1S/C23H37NO5/c1-4-24-10-21(11-25)6-5-17(26)23-13-7-12-15(28-2)9-22(29-3,18(13)19(12)27)14(20(23)24)8-16(21)23/h12-20,25-27H,4-11H2,1-3H3/t12-,13-,14+,15-,16-,17-,18-,19-,20-,21+,22+,23-/m1/s1. The molecule has 6 fully saturated rings. The van der Waals surface area contributed by atoms with Gasteiger partial charge in [0.05, 0.1) is 30.5 Å². The van der Waals surface area contributed by atoms with Crippen LogP contribution in [0.2, 0.25) is 0 Å². The van der Waals surface area contributed by atoms with Gasteiger partial charge < -0.3 is 24.8 Å². The third-order valence-corrected chi connectivity index (χ3v) is 11.1. The first-order valence-corrected chi connectivity index (χ1v) is 11.7. The second-order valence-corrected chi connectivity index (χ2v) is 11.1. The number of aliphatic hydroxyl groups excluding tert-OH is 3. The second-order valence-electron chi connectivity index (χ2n) is 11.1. The van der Waals surface area contributed by atoms with Crippen molar-refractivity contribution in [1.82, 2.24) is 4.90 Å². The Morgan fingerprint density at radius 3 is 2.59 bits per heavy atom. The van der Waals surface area contributed by atoms with E-state index >= 15 is 0 Å². The van der Waals surface area contributed by atoms with Crippen LogP contribution in [0.25, 0.3) is 0 Å². The Morgan fingerprint density at radius 2 is 1.93 bits per heavy atom. The fraction of sp³-hybridized carbons (Fsp3) is 1.00. The lowest BCUT2D eigenvalue weighted by Gasteiger charge is -2.69. The molecule has 5 saturated carbocycles. The van der Waals surface area contributed by atoms with E-state index in [4.69, 9.17) is 9.47 Å². The molecule has 1 heterocycles. The summed E-state index contributed by atoms with van der Waals surface area (Å²) in [4.78, 5) is 2.57. The summed E-state index contributed by atoms with van der Waals surface area (Å²) in [6.45, 7) is 4.28. The molecule has 5 aliphatic carbocycles. The van der Waals surface area contributed by atoms with Crippen LogP contribution >= 0.6 is 0 Å². The van der Waals surface area contributed by atoms with Crippen molar-refractivity contribution < 1.29 is 24.8 Å². The van der Waals surface area contributed by atoms with Crippen LogP contribution in [-0.2, 0) is 9.47 Å². The summed E-state index contributed by atoms with van der Waals surface area (Å²) in [5.74, 6) is 1.01. The summed E-state index contributed by atoms with van der Waals surface area (Å²) in [5, 5.41) is 33.8. The highest BCUT2D eigenvalue weighted by atomic mass is 16.5. The highest BCUT2D eigenvalue weighted by Gasteiger charge is 2.83. The molecule has 0 radical (unpaired) electrons. The molecule has 0 amide bonds. The maximum Gasteiger partial charge on any atom is 0.0802 e. The van der Waals surface area contributed by atoms with Crippen LogP contribution in [0.4, 0.5) is 0 Å². The lowest BCUT2D eigenvalue weighted by atomic mass is 9.43. The Morgan fingerprint density at radius 1 is 1.14 bits per heavy atom. The third kappa shape index (κ3) is 1.85. The Labute approximate surface area is 173 Å². The summed E-state index contributed by atoms with van der Waals surface area (Å²) >= 11 is 0. The van der Waals surface area contributed by atoms with E-state index in [9.17, 15) is 15.3 Å². The minimum atomic E-state index is -0.426. The molecule has 6 rings (SSSR count). The maximum absolute atomic E-state index is 11.7. The summed E-state index contributed by atoms with van der Waals surface area (Å²) in [5.41, 5.74) is -0.758. The van der Waals surface area contributed by atoms with Crippen molar-refractivity contribution >= 4 is 0 Å². The monoisotopic (exact) mass is 407 g/mol. The maximum atomic E-state index is 11.7. The van der Waals surface area contributed by atoms with Gasteiger partial charge in [0.1, 0.15) is 0 Å². The number of hydrogen-bond donors (Lipinski definition) is 3. The van der Waals surface area contributed by atoms with Crippen molar-refractivity contribution in [3.05, 3.63) is 0 Å². The van der Waals surface area contributed by atoms with Gasteiger partial charge in [-0.05, 0) is 44.1 Å². The lowest BCUT2D eigenvalue weighted by Crippen LogP contribution is -2.76. The fourth-order valence-electron chi connectivity index (χ4n) is 10.4. The molecule has 0 aromatic heterocycles. The molecule has 1 aliphatic heterocycles. The van der Waals surface area contributed by atoms with E-state index in [1.54, 1.807) is 7.11 Å². The predicted octanol–water partition coefficient (Wildman–Crippen LogP) is 0.877. The van der Waals surface area contributed by atoms with Crippen LogP contribution < -0.4 is 0 Å². The molecule has 1 saturated heterocycles. The largest absolute Gasteiger partial charge is 0.396 e. The minimum Gasteiger partial charge on any atom is -0.396 e. The Hall–Kier alpha value is -0.240. The van der Waals surface area contributed by atoms with E-state index in [0.717, 1.165) is 45.2 Å². The van der Waals surface area contributed by atoms with Gasteiger partial charge in [0.15, 0.2) is 0 Å². The number of methoxy groups -OCH3 is 2. The van der Waals surface area contributed by atoms with Gasteiger partial charge in [0, 0.05) is 61.8 Å². The number of ether oxygens (including phenoxy) is 2. The minimum absolute atomic E-state index is 0.0141. The zero-order valence-electron chi connectivity index (χ0n) is 18.0. The highest BCUT2D eigenvalue weighted by Crippen LogP contribution is 2.79. The van der Waals surface area contributed by atoms with Crippen molar-refractivity contribution in [3.63, 3.8) is 0 Å². The van der Waals surface area contributed by atoms with Crippen LogP contribution in [0.3, 0.4) is 0 Å². The average molecular weight is 408 g/mol. The number of nitrogens with zero attached hydrogens (tertiary/aromatic N) is 1. The van der Waals surface area contributed by atoms with Crippen LogP contribution in [0.1, 0.15) is 39.0 Å². The first kappa shape index (κ1) is 19.4. The number of fused-ring (bicyclic) bond motifs is 2. The summed E-state index contributed by atoms with van der Waals surface area (Å²) in [6.07, 6.45) is 3.65. The molecule has 12 atom stereocenters. The van der Waals surface area contributed by atoms with Gasteiger partial charge in [-0.15, -0.1) is 0 Å². The van der Waals surface area contributed by atoms with Crippen molar-refractivity contribution in [2.24, 2.45) is 40.4 Å². The molecule has 0 unspecified atom stereocenters. The first-order valence-electron chi connectivity index (χ1n) is 11.7. The Bertz CT molecular complexity index is 705. The molecule has 0 aromatic carbocycles. The predicted molar refractivity (Wildman–Crippen MR) is 106 cm³/mol. The van der Waals surface area contributed by atoms with Crippen LogP contribution in [-0.4, -0.2) is 84.1 Å². The summed E-state index contributed by atoms with van der Waals surface area (Å²) in [7, 11) is 3.60. The highest BCUT2D eigenvalue weighted by molar-refractivity contribution is 5.33. The third-order valence-electron chi connectivity index (χ3n) is 11.1. The van der Waals surface area contributed by atoms with Crippen LogP contribution in [0, 0.1) is 40.4 Å². The molecule has 1 spiro atoms. The van der Waals surface area contributed by atoms with E-state index in [2.05, 4.69) is 11.8 Å². The quantitative estimate of drug-likeness (QED) is 0.642. The molecule has 164 valence electrons. The van der Waals surface area contributed by atoms with Gasteiger partial charge in [0.2, 0.25) is 0 Å². The van der Waals surface area contributed by atoms with E-state index < -0.39 is 11.7 Å². The van der Waals surface area contributed by atoms with Crippen molar-refractivity contribution in [1.29, 1.82) is 0 Å². The topological polar surface area (TPSA) is 82.4 Å². The van der Waals surface area contributed by atoms with E-state index in [0.29, 0.717) is 5.92 Å². The number of hydrogen-bond acceptors (Lipinski definition) is 6. The summed E-state index contributed by atoms with van der Waals surface area (Å²) < 4.78 is 12.4. The lowest BCUT2D eigenvalue weighted by molar-refractivity contribution is -0.277. The van der Waals surface area contributed by atoms with Crippen LogP contribution in [0.15, 0.2) is 0 Å². The van der Waals surface area contributed by atoms with Gasteiger partial charge in [-0.2, -0.15) is 0 Å². The molecule has 29 heavy (non-hydrogen) atoms. The van der Waals surface area contributed by atoms with Crippen LogP contribution in [0.5, 0.6) is 0 Å². The summed E-state index contributed by atoms with van der Waals surface area (Å²) in [6, 6.07) is 0.273. The second kappa shape index (κ2) is 5.96. The van der Waals surface area contributed by atoms with Crippen molar-refractivity contribution in [2.75, 3.05) is 33.9 Å². The molecule has 6 aliphatic rings. The SMILES string of the molecule is CCN1C[C@]2(CO)CC[C@@H](O)[C@@]34[C@@H]5C[C@H]6[C@@H](O)[C@@H]5[C@](OC)(C[C@H]6OC)[C@@H](C[C@H]23)[C@@H]14. The van der Waals surface area contributed by atoms with Gasteiger partial charge in [-0.3, -0.25) is 4.90 Å². The normalized spacial score (nSPS) is 62.5. The van der Waals surface area contributed by atoms with Crippen molar-refractivity contribution in [2.45, 2.75) is 69.0 Å². The number of aliphatic hydroxyl groups is 3. The number of likely N-dealkylation sites (tertiary alicyclic amines) is 1. The Kier molecular flexibility index (Phi) is 4.00. The van der Waals surface area contributed by atoms with Gasteiger partial charge in [0.25, 0.3) is 0 Å². The molecule has 3 N–H and O–H groups in total. The molecule has 6 heteroatoms. The number of piperidine rings is 1. The number of rotatable bonds is 4. The van der Waals surface area contributed by atoms with E-state index in [1.807, 2.05) is 7.11 Å². The zero-order chi connectivity index (χ0) is 20.3. The van der Waals surface area contributed by atoms with E-state index in [-0.39, 0.29) is 59.4 Å². The van der Waals surface area contributed by atoms with Crippen molar-refractivity contribution in [3.8, 4) is 0 Å². The average Bonchev–Trinajstić information content (AvgIpc) is 3.14. The Balaban J connectivity index is 1.60. The van der Waals surface area contributed by atoms with E-state index in [1.165, 1.54) is 0 Å². The molecule has 6 nitrogen and oxygen atoms in total. The van der Waals surface area contributed by atoms with Gasteiger partial charge in [-0.25, -0.2) is 0 Å². The van der Waals surface area contributed by atoms with Gasteiger partial charge in [-0.1, -0.05) is 6.92 Å². The molecular formula is C23H37NO5. The fourth-order valence-corrected chi connectivity index (χ4v) is 10.4. The molecular weight excluding hydrogens is 370 g/mol. The first-order chi connectivity index (χ1) is 13.9. The molecule has 0 aromatic rings. The van der Waals surface area contributed by atoms with Gasteiger partial charge >= 0.3 is 0 Å². The molecule has 7 bridgehead atoms. The zero-order valence-corrected chi connectivity index (χ0v) is 18.0. The smallest absolute Gasteiger partial charge is 0.0802 e.